The number of benzene rings is 3. The number of amides is 2. The molecule has 0 aromatic heterocycles. The maximum absolute atomic E-state index is 14.6. The summed E-state index contributed by atoms with van der Waals surface area (Å²) in [4.78, 5) is 29.8. The molecule has 236 valence electrons. The minimum absolute atomic E-state index is 0.0408. The van der Waals surface area contributed by atoms with Crippen LogP contribution in [-0.4, -0.2) is 50.0 Å². The molecule has 2 aliphatic heterocycles. The molecule has 10 heteroatoms. The lowest BCUT2D eigenvalue weighted by atomic mass is 9.58. The number of carbonyl (C=O) groups is 2. The summed E-state index contributed by atoms with van der Waals surface area (Å²) in [6.45, 7) is 11.3. The summed E-state index contributed by atoms with van der Waals surface area (Å²) in [6, 6.07) is 16.3. The van der Waals surface area contributed by atoms with Crippen LogP contribution in [0.2, 0.25) is 29.7 Å². The van der Waals surface area contributed by atoms with Gasteiger partial charge in [-0.05, 0) is 78.9 Å². The summed E-state index contributed by atoms with van der Waals surface area (Å²) in [5, 5.41) is 4.00. The molecule has 2 aliphatic rings. The van der Waals surface area contributed by atoms with Crippen LogP contribution in [0.25, 0.3) is 0 Å². The molecular formula is C34H40Cl3FN2O3Si. The molecule has 0 aliphatic carbocycles. The number of likely N-dealkylation sites (tertiary alicyclic amines) is 1. The maximum Gasteiger partial charge on any atom is 0.238 e. The highest BCUT2D eigenvalue weighted by Gasteiger charge is 2.63. The van der Waals surface area contributed by atoms with Crippen molar-refractivity contribution in [3.63, 3.8) is 0 Å². The molecule has 1 spiro atoms. The van der Waals surface area contributed by atoms with E-state index in [1.54, 1.807) is 42.3 Å². The summed E-state index contributed by atoms with van der Waals surface area (Å²) in [7, 11) is 0.798. The van der Waals surface area contributed by atoms with Crippen molar-refractivity contribution in [2.24, 2.45) is 0 Å². The lowest BCUT2D eigenvalue weighted by Crippen LogP contribution is -2.58. The third-order valence-electron chi connectivity index (χ3n) is 8.93. The van der Waals surface area contributed by atoms with E-state index >= 15 is 0 Å². The minimum atomic E-state index is -1.25. The molecule has 44 heavy (non-hydrogen) atoms. The third kappa shape index (κ3) is 6.73. The standard InChI is InChI=1S/C28H24Cl3FN2O2.C6H16OSi/c1-16-6-8-20(32)14-21(16)23-15-25(35)34(11-3-10-29)26(17-4-2-5-18(30)12-17)28(23)22-9-7-19(31)13-24(22)33-27(28)36;1-6(7-2)8(3,4)5/h2,4-9,12-14,23,26H,3,10-11,15H2,1H3,(H,33,36);6H,1-5H3/t23-,26+,28-;/m1./s1. The Balaban J connectivity index is 0.000000488. The molecule has 1 N–H and O–H groups in total. The van der Waals surface area contributed by atoms with Gasteiger partial charge >= 0.3 is 0 Å². The van der Waals surface area contributed by atoms with E-state index in [1.165, 1.54) is 12.1 Å². The quantitative estimate of drug-likeness (QED) is 0.201. The minimum Gasteiger partial charge on any atom is -0.385 e. The maximum atomic E-state index is 14.6. The van der Waals surface area contributed by atoms with Crippen LogP contribution in [0.15, 0.2) is 60.7 Å². The molecule has 1 unspecified atom stereocenters. The first-order valence-electron chi connectivity index (χ1n) is 14.8. The first-order chi connectivity index (χ1) is 20.7. The number of alkyl halides is 1. The summed E-state index contributed by atoms with van der Waals surface area (Å²) < 4.78 is 19.8. The van der Waals surface area contributed by atoms with Gasteiger partial charge in [-0.3, -0.25) is 9.59 Å². The Morgan fingerprint density at radius 3 is 2.39 bits per heavy atom. The van der Waals surface area contributed by atoms with Crippen molar-refractivity contribution in [2.75, 3.05) is 24.9 Å². The van der Waals surface area contributed by atoms with E-state index in [0.29, 0.717) is 45.9 Å². The third-order valence-corrected chi connectivity index (χ3v) is 12.3. The Morgan fingerprint density at radius 1 is 1.07 bits per heavy atom. The molecular weight excluding hydrogens is 638 g/mol. The van der Waals surface area contributed by atoms with E-state index in [-0.39, 0.29) is 18.2 Å². The smallest absolute Gasteiger partial charge is 0.238 e. The number of hydrogen-bond acceptors (Lipinski definition) is 3. The zero-order chi connectivity index (χ0) is 32.4. The van der Waals surface area contributed by atoms with Gasteiger partial charge in [0.05, 0.1) is 14.1 Å². The number of halogens is 4. The second-order valence-corrected chi connectivity index (χ2v) is 19.4. The lowest BCUT2D eigenvalue weighted by Gasteiger charge is -2.52. The van der Waals surface area contributed by atoms with Crippen molar-refractivity contribution in [2.45, 2.75) is 69.4 Å². The molecule has 5 rings (SSSR count). The number of aryl methyl sites for hydroxylation is 1. The van der Waals surface area contributed by atoms with Gasteiger partial charge in [0.15, 0.2) is 0 Å². The monoisotopic (exact) mass is 676 g/mol. The van der Waals surface area contributed by atoms with Gasteiger partial charge in [0.25, 0.3) is 0 Å². The van der Waals surface area contributed by atoms with Crippen molar-refractivity contribution < 1.29 is 18.7 Å². The van der Waals surface area contributed by atoms with Crippen molar-refractivity contribution in [1.82, 2.24) is 4.90 Å². The van der Waals surface area contributed by atoms with E-state index in [4.69, 9.17) is 39.5 Å². The number of methoxy groups -OCH3 is 1. The van der Waals surface area contributed by atoms with Gasteiger partial charge in [0.2, 0.25) is 11.8 Å². The van der Waals surface area contributed by atoms with E-state index in [9.17, 15) is 14.0 Å². The summed E-state index contributed by atoms with van der Waals surface area (Å²) >= 11 is 18.7. The molecule has 1 saturated heterocycles. The molecule has 4 atom stereocenters. The van der Waals surface area contributed by atoms with Crippen LogP contribution < -0.4 is 5.32 Å². The summed E-state index contributed by atoms with van der Waals surface area (Å²) in [5.74, 6) is -1.07. The Kier molecular flexibility index (Phi) is 10.9. The predicted octanol–water partition coefficient (Wildman–Crippen LogP) is 8.92. The predicted molar refractivity (Wildman–Crippen MR) is 181 cm³/mol. The van der Waals surface area contributed by atoms with E-state index in [0.717, 1.165) is 16.7 Å². The van der Waals surface area contributed by atoms with Gasteiger partial charge < -0.3 is 15.0 Å². The average Bonchev–Trinajstić information content (AvgIpc) is 3.24. The number of anilines is 1. The normalized spacial score (nSPS) is 21.9. The van der Waals surface area contributed by atoms with Gasteiger partial charge in [-0.25, -0.2) is 4.39 Å². The highest BCUT2D eigenvalue weighted by molar-refractivity contribution is 6.77. The summed E-state index contributed by atoms with van der Waals surface area (Å²) in [6.07, 6.45) is 0.596. The largest absolute Gasteiger partial charge is 0.385 e. The Hall–Kier alpha value is -2.42. The highest BCUT2D eigenvalue weighted by Crippen LogP contribution is 2.60. The first kappa shape index (κ1) is 34.5. The van der Waals surface area contributed by atoms with Crippen molar-refractivity contribution >= 4 is 60.4 Å². The van der Waals surface area contributed by atoms with Gasteiger partial charge in [-0.2, -0.15) is 0 Å². The van der Waals surface area contributed by atoms with Gasteiger partial charge in [0.1, 0.15) is 11.2 Å². The SMILES string of the molecule is COC(C)[Si](C)(C)C.Cc1ccc(F)cc1[C@H]1CC(=O)N(CCCCl)[C@@H](c2cccc(Cl)c2)[C@]12C(=O)Nc1cc(Cl)ccc12. The molecule has 0 bridgehead atoms. The zero-order valence-electron chi connectivity index (χ0n) is 26.0. The van der Waals surface area contributed by atoms with Crippen LogP contribution in [0.1, 0.15) is 54.0 Å². The molecule has 5 nitrogen and oxygen atoms in total. The second-order valence-electron chi connectivity index (χ2n) is 12.6. The molecule has 0 radical (unpaired) electrons. The van der Waals surface area contributed by atoms with E-state index in [1.807, 2.05) is 25.1 Å². The zero-order valence-corrected chi connectivity index (χ0v) is 29.3. The Bertz CT molecular complexity index is 1530. The van der Waals surface area contributed by atoms with Gasteiger partial charge in [-0.1, -0.05) is 67.1 Å². The lowest BCUT2D eigenvalue weighted by molar-refractivity contribution is -0.145. The number of nitrogens with zero attached hydrogens (tertiary/aromatic N) is 1. The highest BCUT2D eigenvalue weighted by atomic mass is 35.5. The van der Waals surface area contributed by atoms with Crippen molar-refractivity contribution in [1.29, 1.82) is 0 Å². The number of rotatable bonds is 7. The fourth-order valence-electron chi connectivity index (χ4n) is 6.28. The molecule has 0 saturated carbocycles. The van der Waals surface area contributed by atoms with Crippen LogP contribution in [0.4, 0.5) is 10.1 Å². The number of nitrogens with one attached hydrogen (secondary N) is 1. The molecule has 2 amide bonds. The number of carbonyl (C=O) groups excluding carboxylic acids is 2. The number of hydrogen-bond donors (Lipinski definition) is 1. The molecule has 2 heterocycles. The fraction of sp³-hybridized carbons (Fsp3) is 0.412. The fourth-order valence-corrected chi connectivity index (χ4v) is 7.48. The van der Waals surface area contributed by atoms with Crippen LogP contribution in [0.3, 0.4) is 0 Å². The summed E-state index contributed by atoms with van der Waals surface area (Å²) in [5.41, 5.74) is 2.71. The van der Waals surface area contributed by atoms with Crippen molar-refractivity contribution in [3.05, 3.63) is 98.8 Å². The van der Waals surface area contributed by atoms with Gasteiger partial charge in [0, 0.05) is 53.3 Å². The topological polar surface area (TPSA) is 58.6 Å². The average molecular weight is 678 g/mol. The molecule has 3 aromatic rings. The van der Waals surface area contributed by atoms with Crippen LogP contribution in [-0.2, 0) is 19.7 Å². The van der Waals surface area contributed by atoms with Crippen LogP contribution >= 0.6 is 34.8 Å². The molecule has 3 aromatic carbocycles. The number of ether oxygens (including phenoxy) is 1. The van der Waals surface area contributed by atoms with Crippen LogP contribution in [0, 0.1) is 12.7 Å². The number of piperidine rings is 1. The first-order valence-corrected chi connectivity index (χ1v) is 19.6. The molecule has 1 fully saturated rings. The Labute approximate surface area is 276 Å². The second kappa shape index (κ2) is 13.9. The van der Waals surface area contributed by atoms with Gasteiger partial charge in [-0.15, -0.1) is 11.6 Å². The van der Waals surface area contributed by atoms with E-state index < -0.39 is 31.3 Å². The van der Waals surface area contributed by atoms with Crippen LogP contribution in [0.5, 0.6) is 0 Å². The number of fused-ring (bicyclic) bond motifs is 2. The van der Waals surface area contributed by atoms with E-state index in [2.05, 4.69) is 31.9 Å². The van der Waals surface area contributed by atoms with Crippen molar-refractivity contribution in [3.8, 4) is 0 Å². The Morgan fingerprint density at radius 2 is 1.77 bits per heavy atom.